The van der Waals surface area contributed by atoms with Gasteiger partial charge in [0.2, 0.25) is 17.7 Å². The standard InChI is InChI=1S/C28H21N5O6S2/c1-15-4-6-17(7-5-15)30-20(34)14-31-27-24(41-28(31)37)21(16-3-2-12-29-13-16)22-23(40-27)26(36)32(25(22)35)18-8-10-19(11-9-18)33(38)39/h2-13,21-23H,14H2,1H3,(H,30,34)/t21-,22+,23-/m0/s1. The normalized spacial score (nSPS) is 19.5. The number of nitro groups is 1. The molecule has 0 aliphatic carbocycles. The first kappa shape index (κ1) is 26.6. The van der Waals surface area contributed by atoms with Gasteiger partial charge in [-0.05, 0) is 42.8 Å². The van der Waals surface area contributed by atoms with Crippen LogP contribution in [0, 0.1) is 23.0 Å². The number of nitrogens with one attached hydrogen (secondary N) is 1. The number of anilines is 2. The molecule has 0 unspecified atom stereocenters. The molecule has 2 aliphatic heterocycles. The van der Waals surface area contributed by atoms with Crippen molar-refractivity contribution in [1.29, 1.82) is 0 Å². The van der Waals surface area contributed by atoms with Crippen LogP contribution < -0.4 is 15.1 Å². The van der Waals surface area contributed by atoms with Gasteiger partial charge in [0.15, 0.2) is 0 Å². The summed E-state index contributed by atoms with van der Waals surface area (Å²) in [6.07, 6.45) is 3.19. The minimum atomic E-state index is -0.879. The number of pyridine rings is 1. The molecule has 0 spiro atoms. The van der Waals surface area contributed by atoms with E-state index < -0.39 is 39.7 Å². The van der Waals surface area contributed by atoms with Gasteiger partial charge in [0.05, 0.1) is 21.6 Å². The van der Waals surface area contributed by atoms with Crippen molar-refractivity contribution in [3.05, 3.63) is 109 Å². The molecule has 11 nitrogen and oxygen atoms in total. The van der Waals surface area contributed by atoms with Crippen molar-refractivity contribution < 1.29 is 19.3 Å². The van der Waals surface area contributed by atoms with E-state index in [1.54, 1.807) is 36.7 Å². The summed E-state index contributed by atoms with van der Waals surface area (Å²) in [6.45, 7) is 1.67. The highest BCUT2D eigenvalue weighted by Crippen LogP contribution is 2.53. The predicted molar refractivity (Wildman–Crippen MR) is 153 cm³/mol. The van der Waals surface area contributed by atoms with Crippen molar-refractivity contribution in [3.8, 4) is 0 Å². The van der Waals surface area contributed by atoms with E-state index in [0.29, 0.717) is 21.2 Å². The summed E-state index contributed by atoms with van der Waals surface area (Å²) in [5.74, 6) is -2.85. The third-order valence-electron chi connectivity index (χ3n) is 7.05. The number of amides is 3. The highest BCUT2D eigenvalue weighted by Gasteiger charge is 2.57. The first-order chi connectivity index (χ1) is 19.7. The molecule has 0 radical (unpaired) electrons. The van der Waals surface area contributed by atoms with E-state index in [-0.39, 0.29) is 22.8 Å². The number of fused-ring (bicyclic) bond motifs is 2. The smallest absolute Gasteiger partial charge is 0.308 e. The van der Waals surface area contributed by atoms with E-state index in [4.69, 9.17) is 0 Å². The summed E-state index contributed by atoms with van der Waals surface area (Å²) >= 11 is 2.04. The molecular formula is C28H21N5O6S2. The van der Waals surface area contributed by atoms with Crippen LogP contribution in [0.3, 0.4) is 0 Å². The molecule has 2 aliphatic rings. The number of benzene rings is 2. The number of non-ortho nitro benzene ring substituents is 1. The molecule has 1 saturated heterocycles. The van der Waals surface area contributed by atoms with Gasteiger partial charge in [0.1, 0.15) is 11.8 Å². The molecule has 3 amide bonds. The van der Waals surface area contributed by atoms with Crippen molar-refractivity contribution in [2.75, 3.05) is 10.2 Å². The number of rotatable bonds is 6. The van der Waals surface area contributed by atoms with E-state index in [0.717, 1.165) is 33.6 Å². The Balaban J connectivity index is 1.38. The van der Waals surface area contributed by atoms with Gasteiger partial charge in [-0.3, -0.25) is 38.8 Å². The van der Waals surface area contributed by atoms with Crippen LogP contribution in [0.1, 0.15) is 21.9 Å². The average molecular weight is 588 g/mol. The molecule has 206 valence electrons. The Morgan fingerprint density at radius 2 is 1.78 bits per heavy atom. The quantitative estimate of drug-likeness (QED) is 0.203. The SMILES string of the molecule is Cc1ccc(NC(=O)Cn2c3c(sc2=O)[C@@H](c2cccnc2)[C@H]2C(=O)N(c4ccc([N+](=O)[O-])cc4)C(=O)[C@H]2S3)cc1. The zero-order chi connectivity index (χ0) is 28.8. The van der Waals surface area contributed by atoms with Crippen LogP contribution in [-0.2, 0) is 20.9 Å². The predicted octanol–water partition coefficient (Wildman–Crippen LogP) is 3.96. The number of nitro benzene ring substituents is 1. The number of hydrogen-bond acceptors (Lipinski definition) is 9. The molecule has 3 atom stereocenters. The number of aryl methyl sites for hydroxylation is 1. The third kappa shape index (κ3) is 4.72. The number of thiazole rings is 1. The van der Waals surface area contributed by atoms with Crippen molar-refractivity contribution >= 4 is 57.9 Å². The van der Waals surface area contributed by atoms with Gasteiger partial charge in [0.25, 0.3) is 5.69 Å². The molecule has 2 aromatic heterocycles. The zero-order valence-corrected chi connectivity index (χ0v) is 23.1. The van der Waals surface area contributed by atoms with Crippen LogP contribution in [0.15, 0.2) is 82.9 Å². The first-order valence-electron chi connectivity index (χ1n) is 12.5. The van der Waals surface area contributed by atoms with Gasteiger partial charge in [-0.1, -0.05) is 46.9 Å². The van der Waals surface area contributed by atoms with Crippen LogP contribution >= 0.6 is 23.1 Å². The molecule has 41 heavy (non-hydrogen) atoms. The molecule has 4 aromatic rings. The van der Waals surface area contributed by atoms with E-state index >= 15 is 0 Å². The Hall–Kier alpha value is -4.62. The molecule has 6 rings (SSSR count). The highest BCUT2D eigenvalue weighted by molar-refractivity contribution is 8.00. The molecule has 2 aromatic carbocycles. The zero-order valence-electron chi connectivity index (χ0n) is 21.4. The Kier molecular flexibility index (Phi) is 6.75. The summed E-state index contributed by atoms with van der Waals surface area (Å²) in [5, 5.41) is 13.5. The fraction of sp³-hybridized carbons (Fsp3) is 0.179. The Bertz CT molecular complexity index is 1750. The maximum Gasteiger partial charge on any atom is 0.308 e. The van der Waals surface area contributed by atoms with Gasteiger partial charge in [0, 0.05) is 41.0 Å². The number of thioether (sulfide) groups is 1. The number of nitrogens with zero attached hydrogens (tertiary/aromatic N) is 4. The lowest BCUT2D eigenvalue weighted by atomic mass is 9.84. The summed E-state index contributed by atoms with van der Waals surface area (Å²) < 4.78 is 1.35. The molecule has 1 N–H and O–H groups in total. The average Bonchev–Trinajstić information content (AvgIpc) is 3.40. The number of carbonyl (C=O) groups excluding carboxylic acids is 3. The Labute approximate surface area is 241 Å². The second kappa shape index (κ2) is 10.4. The van der Waals surface area contributed by atoms with Crippen LogP contribution in [0.2, 0.25) is 0 Å². The van der Waals surface area contributed by atoms with Gasteiger partial charge < -0.3 is 5.32 Å². The molecule has 13 heteroatoms. The maximum atomic E-state index is 13.9. The van der Waals surface area contributed by atoms with Gasteiger partial charge in [-0.15, -0.1) is 0 Å². The minimum Gasteiger partial charge on any atom is -0.325 e. The van der Waals surface area contributed by atoms with Crippen LogP contribution in [-0.4, -0.2) is 37.4 Å². The molecule has 4 heterocycles. The van der Waals surface area contributed by atoms with Crippen LogP contribution in [0.5, 0.6) is 0 Å². The topological polar surface area (TPSA) is 145 Å². The Morgan fingerprint density at radius 1 is 1.05 bits per heavy atom. The molecule has 0 bridgehead atoms. The van der Waals surface area contributed by atoms with Crippen LogP contribution in [0.25, 0.3) is 0 Å². The lowest BCUT2D eigenvalue weighted by molar-refractivity contribution is -0.384. The fourth-order valence-electron chi connectivity index (χ4n) is 5.13. The molecule has 1 fully saturated rings. The van der Waals surface area contributed by atoms with Gasteiger partial charge in [-0.2, -0.15) is 0 Å². The Morgan fingerprint density at radius 3 is 2.44 bits per heavy atom. The van der Waals surface area contributed by atoms with E-state index in [1.807, 2.05) is 19.1 Å². The minimum absolute atomic E-state index is 0.164. The lowest BCUT2D eigenvalue weighted by Crippen LogP contribution is -2.33. The van der Waals surface area contributed by atoms with Crippen molar-refractivity contribution in [1.82, 2.24) is 9.55 Å². The lowest BCUT2D eigenvalue weighted by Gasteiger charge is -2.30. The van der Waals surface area contributed by atoms with Gasteiger partial charge in [-0.25, -0.2) is 4.90 Å². The van der Waals surface area contributed by atoms with Gasteiger partial charge >= 0.3 is 4.87 Å². The summed E-state index contributed by atoms with van der Waals surface area (Å²) in [5.41, 5.74) is 2.35. The number of hydrogen-bond donors (Lipinski definition) is 1. The first-order valence-corrected chi connectivity index (χ1v) is 14.2. The summed E-state index contributed by atoms with van der Waals surface area (Å²) in [7, 11) is 0. The van der Waals surface area contributed by atoms with Crippen LogP contribution in [0.4, 0.5) is 17.1 Å². The van der Waals surface area contributed by atoms with E-state index in [9.17, 15) is 29.3 Å². The number of carbonyl (C=O) groups is 3. The number of aromatic nitrogens is 2. The monoisotopic (exact) mass is 587 g/mol. The third-order valence-corrected chi connectivity index (χ3v) is 9.65. The van der Waals surface area contributed by atoms with E-state index in [2.05, 4.69) is 10.3 Å². The second-order valence-electron chi connectivity index (χ2n) is 9.65. The molecule has 0 saturated carbocycles. The maximum absolute atomic E-state index is 13.9. The van der Waals surface area contributed by atoms with E-state index in [1.165, 1.54) is 28.8 Å². The fourth-order valence-corrected chi connectivity index (χ4v) is 7.91. The van der Waals surface area contributed by atoms with Crippen molar-refractivity contribution in [2.24, 2.45) is 5.92 Å². The van der Waals surface area contributed by atoms with Crippen molar-refractivity contribution in [3.63, 3.8) is 0 Å². The van der Waals surface area contributed by atoms with Crippen molar-refractivity contribution in [2.45, 2.75) is 29.7 Å². The summed E-state index contributed by atoms with van der Waals surface area (Å²) in [6, 6.07) is 16.0. The summed E-state index contributed by atoms with van der Waals surface area (Å²) in [4.78, 5) is 69.8. The largest absolute Gasteiger partial charge is 0.325 e. The molecular weight excluding hydrogens is 566 g/mol. The highest BCUT2D eigenvalue weighted by atomic mass is 32.2. The number of imide groups is 1. The second-order valence-corrected chi connectivity index (χ2v) is 11.8.